The molecule has 4 aliphatic carbocycles. The lowest BCUT2D eigenvalue weighted by Gasteiger charge is -2.37. The lowest BCUT2D eigenvalue weighted by atomic mass is 9.63. The summed E-state index contributed by atoms with van der Waals surface area (Å²) in [6.07, 6.45) is 5.44. The number of anilines is 1. The summed E-state index contributed by atoms with van der Waals surface area (Å²) in [5.41, 5.74) is 4.58. The Balaban J connectivity index is 1.11. The van der Waals surface area contributed by atoms with Crippen LogP contribution in [0.3, 0.4) is 0 Å². The van der Waals surface area contributed by atoms with Crippen LogP contribution >= 0.6 is 27.5 Å². The van der Waals surface area contributed by atoms with Crippen LogP contribution in [-0.2, 0) is 14.3 Å². The third-order valence-electron chi connectivity index (χ3n) is 10.2. The van der Waals surface area contributed by atoms with Crippen LogP contribution in [-0.4, -0.2) is 35.2 Å². The van der Waals surface area contributed by atoms with Gasteiger partial charge in [0.05, 0.1) is 39.3 Å². The number of ketones is 1. The first kappa shape index (κ1) is 29.3. The van der Waals surface area contributed by atoms with Gasteiger partial charge in [-0.3, -0.25) is 19.3 Å². The molecule has 2 amide bonds. The summed E-state index contributed by atoms with van der Waals surface area (Å²) in [5, 5.41) is 0.995. The number of amides is 2. The Morgan fingerprint density at radius 3 is 2.20 bits per heavy atom. The van der Waals surface area contributed by atoms with E-state index in [1.165, 1.54) is 4.90 Å². The highest BCUT2D eigenvalue weighted by Gasteiger charge is 2.67. The number of imide groups is 1. The summed E-state index contributed by atoms with van der Waals surface area (Å²) >= 11 is 10.0. The number of carbonyl (C=O) groups is 4. The van der Waals surface area contributed by atoms with Crippen molar-refractivity contribution in [3.05, 3.63) is 105 Å². The minimum absolute atomic E-state index is 0.114. The molecule has 6 unspecified atom stereocenters. The maximum atomic E-state index is 13.6. The molecule has 1 aromatic heterocycles. The van der Waals surface area contributed by atoms with Crippen molar-refractivity contribution in [2.75, 3.05) is 11.5 Å². The average molecular weight is 696 g/mol. The quantitative estimate of drug-likeness (QED) is 0.0896. The Hall–Kier alpha value is -4.14. The number of esters is 1. The molecule has 3 aromatic carbocycles. The number of nitrogens with zero attached hydrogens (tertiary/aromatic N) is 2. The van der Waals surface area contributed by atoms with Crippen LogP contribution in [0.1, 0.15) is 38.3 Å². The molecule has 1 aliphatic heterocycles. The van der Waals surface area contributed by atoms with Crippen molar-refractivity contribution in [1.82, 2.24) is 4.98 Å². The van der Waals surface area contributed by atoms with Crippen LogP contribution < -0.4 is 4.90 Å². The molecule has 4 aromatic rings. The number of halogens is 2. The van der Waals surface area contributed by atoms with E-state index in [1.54, 1.807) is 48.5 Å². The van der Waals surface area contributed by atoms with E-state index in [0.29, 0.717) is 60.3 Å². The number of pyridine rings is 1. The van der Waals surface area contributed by atoms with Gasteiger partial charge < -0.3 is 4.74 Å². The Kier molecular flexibility index (Phi) is 6.82. The fourth-order valence-corrected chi connectivity index (χ4v) is 8.47. The van der Waals surface area contributed by atoms with Gasteiger partial charge in [-0.1, -0.05) is 65.7 Å². The highest BCUT2D eigenvalue weighted by atomic mass is 79.9. The smallest absolute Gasteiger partial charge is 0.339 e. The van der Waals surface area contributed by atoms with Crippen LogP contribution in [0.5, 0.6) is 0 Å². The fraction of sp³-hybridized carbons (Fsp3) is 0.270. The third-order valence-corrected chi connectivity index (χ3v) is 11.6. The second-order valence-electron chi connectivity index (χ2n) is 12.8. The van der Waals surface area contributed by atoms with Crippen LogP contribution in [0.15, 0.2) is 77.3 Å². The molecule has 0 radical (unpaired) electrons. The molecule has 0 spiro atoms. The number of ether oxygens (including phenoxy) is 1. The van der Waals surface area contributed by atoms with E-state index < -0.39 is 12.6 Å². The highest BCUT2D eigenvalue weighted by molar-refractivity contribution is 9.10. The van der Waals surface area contributed by atoms with Crippen molar-refractivity contribution >= 4 is 67.7 Å². The van der Waals surface area contributed by atoms with Crippen molar-refractivity contribution < 1.29 is 23.9 Å². The van der Waals surface area contributed by atoms with E-state index in [0.717, 1.165) is 12.0 Å². The number of aromatic nitrogens is 1. The zero-order chi connectivity index (χ0) is 32.0. The molecule has 2 saturated carbocycles. The first-order valence-corrected chi connectivity index (χ1v) is 16.5. The van der Waals surface area contributed by atoms with Crippen LogP contribution in [0.25, 0.3) is 22.2 Å². The lowest BCUT2D eigenvalue weighted by molar-refractivity contribution is -0.124. The number of carbonyl (C=O) groups excluding carboxylic acids is 4. The number of allylic oxidation sites excluding steroid dienone is 2. The van der Waals surface area contributed by atoms with E-state index >= 15 is 0 Å². The normalized spacial score (nSPS) is 25.5. The number of Topliss-reactive ketones (excluding diaryl/α,β-unsaturated/α-hetero) is 1. The van der Waals surface area contributed by atoms with Gasteiger partial charge in [0.25, 0.3) is 0 Å². The van der Waals surface area contributed by atoms with Crippen molar-refractivity contribution in [3.8, 4) is 11.3 Å². The fourth-order valence-electron chi connectivity index (χ4n) is 7.80. The molecular formula is C37H28BrClN2O5. The lowest BCUT2D eigenvalue weighted by Crippen LogP contribution is -2.40. The van der Waals surface area contributed by atoms with Crippen molar-refractivity contribution in [3.63, 3.8) is 0 Å². The molecule has 6 atom stereocenters. The van der Waals surface area contributed by atoms with Crippen LogP contribution in [0, 0.1) is 49.4 Å². The minimum atomic E-state index is -0.670. The van der Waals surface area contributed by atoms with Gasteiger partial charge in [-0.25, -0.2) is 9.78 Å². The predicted octanol–water partition coefficient (Wildman–Crippen LogP) is 7.53. The van der Waals surface area contributed by atoms with Gasteiger partial charge in [0.1, 0.15) is 0 Å². The predicted molar refractivity (Wildman–Crippen MR) is 178 cm³/mol. The highest BCUT2D eigenvalue weighted by Crippen LogP contribution is 2.65. The number of rotatable bonds is 6. The van der Waals surface area contributed by atoms with Gasteiger partial charge >= 0.3 is 5.97 Å². The average Bonchev–Trinajstić information content (AvgIpc) is 3.85. The molecule has 2 heterocycles. The Morgan fingerprint density at radius 1 is 0.935 bits per heavy atom. The summed E-state index contributed by atoms with van der Waals surface area (Å²) in [7, 11) is 0. The Labute approximate surface area is 278 Å². The maximum Gasteiger partial charge on any atom is 0.339 e. The largest absolute Gasteiger partial charge is 0.454 e. The molecular weight excluding hydrogens is 668 g/mol. The van der Waals surface area contributed by atoms with Crippen LogP contribution in [0.2, 0.25) is 5.02 Å². The third kappa shape index (κ3) is 4.48. The van der Waals surface area contributed by atoms with Gasteiger partial charge in [0.15, 0.2) is 12.4 Å². The summed E-state index contributed by atoms with van der Waals surface area (Å²) in [4.78, 5) is 59.7. The topological polar surface area (TPSA) is 93.6 Å². The number of hydrogen-bond acceptors (Lipinski definition) is 6. The SMILES string of the molecule is Cc1ccc(C(=O)COC(=O)c2cc(-c3ccc(N4C(=O)C5C6C=CC(C7CC67)C5C4=O)cc3)nc3c(C)c(Cl)c(Br)cc23)cc1. The monoisotopic (exact) mass is 694 g/mol. The summed E-state index contributed by atoms with van der Waals surface area (Å²) < 4.78 is 6.12. The Morgan fingerprint density at radius 2 is 1.57 bits per heavy atom. The number of fused-ring (bicyclic) bond motifs is 1. The molecule has 9 rings (SSSR count). The van der Waals surface area contributed by atoms with Crippen molar-refractivity contribution in [2.45, 2.75) is 20.3 Å². The minimum Gasteiger partial charge on any atom is -0.454 e. The molecule has 1 saturated heterocycles. The number of aryl methyl sites for hydroxylation is 2. The van der Waals surface area contributed by atoms with Gasteiger partial charge in [-0.05, 0) is 89.7 Å². The van der Waals surface area contributed by atoms with Gasteiger partial charge in [0.2, 0.25) is 11.8 Å². The van der Waals surface area contributed by atoms with E-state index in [9.17, 15) is 19.2 Å². The molecule has 9 heteroatoms. The number of benzene rings is 3. The van der Waals surface area contributed by atoms with E-state index in [1.807, 2.05) is 26.0 Å². The first-order valence-electron chi connectivity index (χ1n) is 15.4. The second kappa shape index (κ2) is 10.7. The molecule has 46 heavy (non-hydrogen) atoms. The zero-order valence-corrected chi connectivity index (χ0v) is 27.3. The summed E-state index contributed by atoms with van der Waals surface area (Å²) in [6.45, 7) is 3.34. The summed E-state index contributed by atoms with van der Waals surface area (Å²) in [5.74, 6) is -0.369. The molecule has 0 N–H and O–H groups in total. The molecule has 230 valence electrons. The molecule has 2 bridgehead atoms. The van der Waals surface area contributed by atoms with Gasteiger partial charge in [-0.15, -0.1) is 0 Å². The standard InChI is InChI=1S/C37H28BrClN2O5/c1-17-3-5-20(6-4-17)30(42)16-46-37(45)27-15-29(40-34-18(2)33(39)28(38)14-26(27)34)19-7-9-21(10-8-19)41-35(43)31-22-11-12-23(25-13-24(22)25)32(31)36(41)44/h3-12,14-15,22-25,31-32H,13,16H2,1-2H3. The van der Waals surface area contributed by atoms with E-state index in [4.69, 9.17) is 21.3 Å². The summed E-state index contributed by atoms with van der Waals surface area (Å²) in [6, 6.07) is 17.5. The molecule has 7 nitrogen and oxygen atoms in total. The Bertz CT molecular complexity index is 2000. The van der Waals surface area contributed by atoms with Crippen molar-refractivity contribution in [1.29, 1.82) is 0 Å². The maximum absolute atomic E-state index is 13.6. The van der Waals surface area contributed by atoms with Crippen molar-refractivity contribution in [2.24, 2.45) is 35.5 Å². The van der Waals surface area contributed by atoms with Crippen LogP contribution in [0.4, 0.5) is 5.69 Å². The molecule has 3 fully saturated rings. The van der Waals surface area contributed by atoms with E-state index in [2.05, 4.69) is 28.1 Å². The number of hydrogen-bond donors (Lipinski definition) is 0. The van der Waals surface area contributed by atoms with Gasteiger partial charge in [-0.2, -0.15) is 0 Å². The zero-order valence-electron chi connectivity index (χ0n) is 25.0. The second-order valence-corrected chi connectivity index (χ2v) is 14.1. The molecule has 5 aliphatic rings. The van der Waals surface area contributed by atoms with E-state index in [-0.39, 0.29) is 46.8 Å². The van der Waals surface area contributed by atoms with Gasteiger partial charge in [0, 0.05) is 21.0 Å². The first-order chi connectivity index (χ1) is 22.1.